The molecule has 1 aliphatic carbocycles. The van der Waals surface area contributed by atoms with Crippen molar-refractivity contribution < 1.29 is 14.4 Å². The molecule has 1 N–H and O–H groups in total. The number of likely N-dealkylation sites (tertiary alicyclic amines) is 1. The molecule has 2 aliphatic heterocycles. The number of imide groups is 1. The minimum Gasteiger partial charge on any atom is -0.334 e. The molecular formula is C17H21N3O3S. The summed E-state index contributed by atoms with van der Waals surface area (Å²) in [4.78, 5) is 40.5. The van der Waals surface area contributed by atoms with Crippen molar-refractivity contribution in [1.82, 2.24) is 15.1 Å². The minimum absolute atomic E-state index is 0.0688. The van der Waals surface area contributed by atoms with E-state index in [2.05, 4.69) is 10.7 Å². The largest absolute Gasteiger partial charge is 0.334 e. The van der Waals surface area contributed by atoms with E-state index >= 15 is 0 Å². The Morgan fingerprint density at radius 3 is 2.83 bits per heavy atom. The van der Waals surface area contributed by atoms with Gasteiger partial charge in [-0.15, -0.1) is 0 Å². The average molecular weight is 347 g/mol. The third-order valence-corrected chi connectivity index (χ3v) is 6.19. The lowest BCUT2D eigenvalue weighted by atomic mass is 9.96. The monoisotopic (exact) mass is 347 g/mol. The van der Waals surface area contributed by atoms with Gasteiger partial charge in [-0.3, -0.25) is 14.5 Å². The number of carbonyl (C=O) groups excluding carboxylic acids is 3. The molecule has 7 heteroatoms. The van der Waals surface area contributed by atoms with E-state index in [0.717, 1.165) is 36.1 Å². The van der Waals surface area contributed by atoms with Gasteiger partial charge in [0.1, 0.15) is 12.1 Å². The first-order valence-electron chi connectivity index (χ1n) is 8.46. The highest BCUT2D eigenvalue weighted by atomic mass is 32.1. The zero-order valence-corrected chi connectivity index (χ0v) is 14.5. The van der Waals surface area contributed by atoms with E-state index in [9.17, 15) is 14.4 Å². The molecule has 128 valence electrons. The number of hydrogen-bond donors (Lipinski definition) is 1. The van der Waals surface area contributed by atoms with Crippen LogP contribution in [0.1, 0.15) is 44.2 Å². The van der Waals surface area contributed by atoms with Gasteiger partial charge >= 0.3 is 6.03 Å². The highest BCUT2D eigenvalue weighted by Gasteiger charge is 2.56. The van der Waals surface area contributed by atoms with Crippen LogP contribution < -0.4 is 5.32 Å². The lowest BCUT2D eigenvalue weighted by Gasteiger charge is -2.26. The van der Waals surface area contributed by atoms with Gasteiger partial charge in [0.2, 0.25) is 5.91 Å². The molecule has 0 unspecified atom stereocenters. The number of hydrogen-bond acceptors (Lipinski definition) is 4. The van der Waals surface area contributed by atoms with Crippen LogP contribution in [-0.4, -0.2) is 46.3 Å². The van der Waals surface area contributed by atoms with E-state index in [1.54, 1.807) is 18.3 Å². The molecule has 1 aromatic rings. The van der Waals surface area contributed by atoms with E-state index in [1.807, 2.05) is 16.3 Å². The Kier molecular flexibility index (Phi) is 3.63. The molecule has 24 heavy (non-hydrogen) atoms. The van der Waals surface area contributed by atoms with Crippen LogP contribution in [0.4, 0.5) is 4.79 Å². The molecular weight excluding hydrogens is 326 g/mol. The fraction of sp³-hybridized carbons (Fsp3) is 0.588. The summed E-state index contributed by atoms with van der Waals surface area (Å²) in [6.07, 6.45) is 3.79. The van der Waals surface area contributed by atoms with Crippen LogP contribution in [-0.2, 0) is 9.59 Å². The number of amides is 4. The van der Waals surface area contributed by atoms with E-state index in [-0.39, 0.29) is 30.3 Å². The molecule has 3 fully saturated rings. The standard InChI is InChI=1S/C17H21N3O3S/c1-17(12-4-5-12)15(22)20(16(23)18-17)9-14(21)19-7-2-3-13(19)11-6-8-24-10-11/h6,8,10,12-13H,2-5,7,9H2,1H3,(H,18,23)/t13-,17+/m0/s1. The summed E-state index contributed by atoms with van der Waals surface area (Å²) >= 11 is 1.62. The molecule has 2 saturated heterocycles. The lowest BCUT2D eigenvalue weighted by molar-refractivity contribution is -0.139. The smallest absolute Gasteiger partial charge is 0.325 e. The van der Waals surface area contributed by atoms with Gasteiger partial charge in [-0.1, -0.05) is 0 Å². The summed E-state index contributed by atoms with van der Waals surface area (Å²) in [5.41, 5.74) is 0.320. The molecule has 0 spiro atoms. The lowest BCUT2D eigenvalue weighted by Crippen LogP contribution is -2.47. The molecule has 4 amide bonds. The maximum atomic E-state index is 12.7. The topological polar surface area (TPSA) is 69.7 Å². The fourth-order valence-corrected chi connectivity index (χ4v) is 4.61. The molecule has 4 rings (SSSR count). The molecule has 6 nitrogen and oxygen atoms in total. The predicted octanol–water partition coefficient (Wildman–Crippen LogP) is 2.13. The Labute approximate surface area is 144 Å². The Hall–Kier alpha value is -1.89. The summed E-state index contributed by atoms with van der Waals surface area (Å²) in [7, 11) is 0. The molecule has 0 bridgehead atoms. The molecule has 0 radical (unpaired) electrons. The Morgan fingerprint density at radius 2 is 2.17 bits per heavy atom. The Bertz CT molecular complexity index is 685. The molecule has 3 heterocycles. The van der Waals surface area contributed by atoms with E-state index < -0.39 is 11.6 Å². The zero-order chi connectivity index (χ0) is 16.9. The summed E-state index contributed by atoms with van der Waals surface area (Å²) in [5.74, 6) is -0.193. The van der Waals surface area contributed by atoms with Crippen LogP contribution in [0.5, 0.6) is 0 Å². The first-order chi connectivity index (χ1) is 11.5. The van der Waals surface area contributed by atoms with E-state index in [0.29, 0.717) is 6.54 Å². The van der Waals surface area contributed by atoms with Gasteiger partial charge < -0.3 is 10.2 Å². The minimum atomic E-state index is -0.824. The van der Waals surface area contributed by atoms with Crippen molar-refractivity contribution in [2.75, 3.05) is 13.1 Å². The Morgan fingerprint density at radius 1 is 1.38 bits per heavy atom. The Balaban J connectivity index is 1.48. The third kappa shape index (κ3) is 2.42. The van der Waals surface area contributed by atoms with Gasteiger partial charge in [-0.25, -0.2) is 4.79 Å². The second-order valence-electron chi connectivity index (χ2n) is 7.10. The first kappa shape index (κ1) is 15.6. The summed E-state index contributed by atoms with van der Waals surface area (Å²) in [5, 5.41) is 6.87. The highest BCUT2D eigenvalue weighted by molar-refractivity contribution is 7.08. The third-order valence-electron chi connectivity index (χ3n) is 5.49. The van der Waals surface area contributed by atoms with Crippen LogP contribution in [0.2, 0.25) is 0 Å². The molecule has 1 saturated carbocycles. The number of nitrogens with zero attached hydrogens (tertiary/aromatic N) is 2. The van der Waals surface area contributed by atoms with Crippen molar-refractivity contribution in [3.05, 3.63) is 22.4 Å². The number of carbonyl (C=O) groups is 3. The van der Waals surface area contributed by atoms with Gasteiger partial charge in [0.05, 0.1) is 6.04 Å². The second-order valence-corrected chi connectivity index (χ2v) is 7.88. The highest BCUT2D eigenvalue weighted by Crippen LogP contribution is 2.42. The summed E-state index contributed by atoms with van der Waals surface area (Å²) in [6, 6.07) is 1.67. The quantitative estimate of drug-likeness (QED) is 0.848. The van der Waals surface area contributed by atoms with Gasteiger partial charge in [0, 0.05) is 6.54 Å². The van der Waals surface area contributed by atoms with Crippen molar-refractivity contribution in [1.29, 1.82) is 0 Å². The van der Waals surface area contributed by atoms with Crippen molar-refractivity contribution in [2.24, 2.45) is 5.92 Å². The fourth-order valence-electron chi connectivity index (χ4n) is 3.90. The average Bonchev–Trinajstić information content (AvgIpc) is 3.00. The number of nitrogens with one attached hydrogen (secondary N) is 1. The van der Waals surface area contributed by atoms with Crippen LogP contribution in [0.15, 0.2) is 16.8 Å². The number of thiophene rings is 1. The van der Waals surface area contributed by atoms with Gasteiger partial charge in [0.25, 0.3) is 5.91 Å². The number of rotatable bonds is 4. The SMILES string of the molecule is C[C@]1(C2CC2)NC(=O)N(CC(=O)N2CCC[C@H]2c2ccsc2)C1=O. The predicted molar refractivity (Wildman–Crippen MR) is 89.4 cm³/mol. The zero-order valence-electron chi connectivity index (χ0n) is 13.7. The maximum Gasteiger partial charge on any atom is 0.325 e. The molecule has 1 aromatic heterocycles. The van der Waals surface area contributed by atoms with Gasteiger partial charge in [-0.2, -0.15) is 11.3 Å². The summed E-state index contributed by atoms with van der Waals surface area (Å²) in [6.45, 7) is 2.30. The molecule has 3 aliphatic rings. The van der Waals surface area contributed by atoms with Crippen molar-refractivity contribution in [2.45, 2.75) is 44.2 Å². The van der Waals surface area contributed by atoms with Gasteiger partial charge in [-0.05, 0) is 60.9 Å². The van der Waals surface area contributed by atoms with Crippen molar-refractivity contribution in [3.63, 3.8) is 0 Å². The van der Waals surface area contributed by atoms with Crippen LogP contribution in [0.25, 0.3) is 0 Å². The summed E-state index contributed by atoms with van der Waals surface area (Å²) < 4.78 is 0. The van der Waals surface area contributed by atoms with E-state index in [4.69, 9.17) is 0 Å². The van der Waals surface area contributed by atoms with Crippen LogP contribution >= 0.6 is 11.3 Å². The number of urea groups is 1. The van der Waals surface area contributed by atoms with Crippen LogP contribution in [0.3, 0.4) is 0 Å². The van der Waals surface area contributed by atoms with Crippen LogP contribution in [0, 0.1) is 5.92 Å². The normalized spacial score (nSPS) is 30.1. The van der Waals surface area contributed by atoms with Crippen molar-refractivity contribution in [3.8, 4) is 0 Å². The molecule has 0 aromatic carbocycles. The second kappa shape index (κ2) is 5.58. The molecule has 2 atom stereocenters. The first-order valence-corrected chi connectivity index (χ1v) is 9.40. The van der Waals surface area contributed by atoms with E-state index in [1.165, 1.54) is 0 Å². The van der Waals surface area contributed by atoms with Crippen molar-refractivity contribution >= 4 is 29.2 Å². The van der Waals surface area contributed by atoms with Gasteiger partial charge in [0.15, 0.2) is 0 Å². The maximum absolute atomic E-state index is 12.7.